The van der Waals surface area contributed by atoms with Crippen LogP contribution in [0.15, 0.2) is 57.8 Å². The van der Waals surface area contributed by atoms with Crippen LogP contribution in [0.3, 0.4) is 0 Å². The summed E-state index contributed by atoms with van der Waals surface area (Å²) in [4.78, 5) is 27.2. The molecule has 194 valence electrons. The number of furan rings is 1. The second-order valence-electron chi connectivity index (χ2n) is 9.99. The quantitative estimate of drug-likeness (QED) is 0.383. The van der Waals surface area contributed by atoms with E-state index in [2.05, 4.69) is 10.6 Å². The number of alkyl halides is 2. The SMILES string of the molecule is CS(=O)c1ccc(-c2ccc3cc(C(=O)NC4(C(=O)NC5(C=N)CC5)CCC(F)(F)CC4)oc3c2)cc1. The number of hydrogen-bond donors (Lipinski definition) is 3. The molecule has 7 nitrogen and oxygen atoms in total. The topological polar surface area (TPSA) is 112 Å². The predicted octanol–water partition coefficient (Wildman–Crippen LogP) is 4.81. The van der Waals surface area contributed by atoms with Crippen LogP contribution < -0.4 is 10.6 Å². The van der Waals surface area contributed by atoms with E-state index >= 15 is 0 Å². The van der Waals surface area contributed by atoms with Crippen molar-refractivity contribution in [2.24, 2.45) is 0 Å². The molecule has 2 aromatic carbocycles. The maximum atomic E-state index is 14.0. The van der Waals surface area contributed by atoms with Crippen molar-refractivity contribution in [3.63, 3.8) is 0 Å². The van der Waals surface area contributed by atoms with Gasteiger partial charge in [0.05, 0.1) is 5.54 Å². The summed E-state index contributed by atoms with van der Waals surface area (Å²) in [6, 6.07) is 14.3. The van der Waals surface area contributed by atoms with Crippen LogP contribution in [0.5, 0.6) is 0 Å². The Morgan fingerprint density at radius 2 is 1.59 bits per heavy atom. The lowest BCUT2D eigenvalue weighted by Gasteiger charge is -2.39. The number of nitrogens with one attached hydrogen (secondary N) is 3. The number of rotatable bonds is 7. The maximum absolute atomic E-state index is 14.0. The van der Waals surface area contributed by atoms with Gasteiger partial charge < -0.3 is 20.5 Å². The fraction of sp³-hybridized carbons (Fsp3) is 0.370. The molecule has 2 aliphatic rings. The Morgan fingerprint density at radius 1 is 0.946 bits per heavy atom. The summed E-state index contributed by atoms with van der Waals surface area (Å²) in [5.74, 6) is -4.13. The van der Waals surface area contributed by atoms with Crippen LogP contribution in [-0.4, -0.2) is 45.5 Å². The van der Waals surface area contributed by atoms with Crippen LogP contribution in [0, 0.1) is 5.41 Å². The molecule has 0 saturated heterocycles. The molecule has 1 heterocycles. The smallest absolute Gasteiger partial charge is 0.287 e. The van der Waals surface area contributed by atoms with Crippen LogP contribution in [-0.2, 0) is 15.6 Å². The van der Waals surface area contributed by atoms with Gasteiger partial charge >= 0.3 is 0 Å². The van der Waals surface area contributed by atoms with E-state index in [0.717, 1.165) is 17.3 Å². The number of benzene rings is 2. The van der Waals surface area contributed by atoms with Crippen LogP contribution >= 0.6 is 0 Å². The molecular weight excluding hydrogens is 500 g/mol. The van der Waals surface area contributed by atoms with Crippen molar-refractivity contribution < 1.29 is 27.0 Å². The van der Waals surface area contributed by atoms with Crippen LogP contribution in [0.2, 0.25) is 0 Å². The largest absolute Gasteiger partial charge is 0.451 e. The molecule has 1 atom stereocenters. The molecule has 37 heavy (non-hydrogen) atoms. The first kappa shape index (κ1) is 25.3. The zero-order valence-electron chi connectivity index (χ0n) is 20.2. The summed E-state index contributed by atoms with van der Waals surface area (Å²) >= 11 is 0. The number of fused-ring (bicyclic) bond motifs is 1. The van der Waals surface area contributed by atoms with Gasteiger partial charge in [-0.2, -0.15) is 0 Å². The minimum atomic E-state index is -2.90. The van der Waals surface area contributed by atoms with Crippen LogP contribution in [0.1, 0.15) is 49.1 Å². The van der Waals surface area contributed by atoms with Crippen molar-refractivity contribution in [2.45, 2.75) is 60.4 Å². The molecule has 1 unspecified atom stereocenters. The summed E-state index contributed by atoms with van der Waals surface area (Å²) in [6.45, 7) is 0. The third kappa shape index (κ3) is 5.07. The molecule has 5 rings (SSSR count). The predicted molar refractivity (Wildman–Crippen MR) is 136 cm³/mol. The lowest BCUT2D eigenvalue weighted by molar-refractivity contribution is -0.133. The van der Waals surface area contributed by atoms with Gasteiger partial charge in [-0.05, 0) is 61.1 Å². The molecule has 3 N–H and O–H groups in total. The fourth-order valence-corrected chi connectivity index (χ4v) is 5.20. The normalized spacial score (nSPS) is 20.1. The van der Waals surface area contributed by atoms with E-state index in [1.54, 1.807) is 36.6 Å². The van der Waals surface area contributed by atoms with Gasteiger partial charge in [0, 0.05) is 46.4 Å². The van der Waals surface area contributed by atoms with Crippen molar-refractivity contribution in [1.29, 1.82) is 5.41 Å². The van der Waals surface area contributed by atoms with Gasteiger partial charge in [0.25, 0.3) is 5.91 Å². The average molecular weight is 528 g/mol. The zero-order chi connectivity index (χ0) is 26.4. The van der Waals surface area contributed by atoms with Gasteiger partial charge in [0.2, 0.25) is 11.8 Å². The van der Waals surface area contributed by atoms with Gasteiger partial charge in [-0.1, -0.05) is 24.3 Å². The zero-order valence-corrected chi connectivity index (χ0v) is 21.1. The first-order chi connectivity index (χ1) is 17.5. The van der Waals surface area contributed by atoms with Crippen molar-refractivity contribution in [3.05, 3.63) is 54.3 Å². The second-order valence-corrected chi connectivity index (χ2v) is 11.4. The molecule has 2 saturated carbocycles. The first-order valence-electron chi connectivity index (χ1n) is 12.1. The van der Waals surface area contributed by atoms with E-state index in [-0.39, 0.29) is 18.6 Å². The Morgan fingerprint density at radius 3 is 2.19 bits per heavy atom. The number of carbonyl (C=O) groups excluding carboxylic acids is 2. The summed E-state index contributed by atoms with van der Waals surface area (Å²) in [7, 11) is -1.08. The minimum Gasteiger partial charge on any atom is -0.451 e. The third-order valence-corrected chi connectivity index (χ3v) is 8.25. The van der Waals surface area contributed by atoms with Crippen LogP contribution in [0.25, 0.3) is 22.1 Å². The lowest BCUT2D eigenvalue weighted by atomic mass is 9.78. The third-order valence-electron chi connectivity index (χ3n) is 7.31. The van der Waals surface area contributed by atoms with Crippen molar-refractivity contribution in [1.82, 2.24) is 10.6 Å². The van der Waals surface area contributed by atoms with Crippen molar-refractivity contribution in [3.8, 4) is 11.1 Å². The van der Waals surface area contributed by atoms with E-state index < -0.39 is 52.5 Å². The molecule has 0 bridgehead atoms. The molecule has 0 spiro atoms. The number of amides is 2. The molecule has 1 aromatic heterocycles. The molecule has 2 amide bonds. The highest BCUT2D eigenvalue weighted by Gasteiger charge is 2.52. The number of halogens is 2. The van der Waals surface area contributed by atoms with Crippen LogP contribution in [0.4, 0.5) is 8.78 Å². The summed E-state index contributed by atoms with van der Waals surface area (Å²) in [5.41, 5.74) is -0.0796. The van der Waals surface area contributed by atoms with Gasteiger partial charge in [0.15, 0.2) is 5.76 Å². The second kappa shape index (κ2) is 9.16. The molecule has 2 aliphatic carbocycles. The van der Waals surface area contributed by atoms with Gasteiger partial charge in [-0.15, -0.1) is 0 Å². The van der Waals surface area contributed by atoms with E-state index in [4.69, 9.17) is 9.83 Å². The molecule has 3 aromatic rings. The molecular formula is C27H27F2N3O4S. The van der Waals surface area contributed by atoms with Gasteiger partial charge in [-0.3, -0.25) is 13.8 Å². The Kier molecular flexibility index (Phi) is 6.26. The molecule has 0 radical (unpaired) electrons. The van der Waals surface area contributed by atoms with Crippen molar-refractivity contribution in [2.75, 3.05) is 6.26 Å². The standard InChI is InChI=1S/C27H27F2N3O4S/c1-37(35)20-6-4-17(5-7-20)18-2-3-19-15-22(36-21(19)14-18)23(33)31-26(10-12-27(28,29)13-11-26)24(34)32-25(16-30)8-9-25/h2-7,14-16,30H,8-13H2,1H3,(H,31,33)(H,32,34). The molecule has 2 fully saturated rings. The van der Waals surface area contributed by atoms with Gasteiger partial charge in [-0.25, -0.2) is 8.78 Å². The highest BCUT2D eigenvalue weighted by atomic mass is 32.2. The van der Waals surface area contributed by atoms with E-state index in [0.29, 0.717) is 28.7 Å². The van der Waals surface area contributed by atoms with E-state index in [9.17, 15) is 22.6 Å². The summed E-state index contributed by atoms with van der Waals surface area (Å²) in [5, 5.41) is 13.7. The Bertz CT molecular complexity index is 1400. The Balaban J connectivity index is 1.39. The monoisotopic (exact) mass is 527 g/mol. The molecule has 0 aliphatic heterocycles. The first-order valence-corrected chi connectivity index (χ1v) is 13.6. The van der Waals surface area contributed by atoms with Crippen molar-refractivity contribution >= 4 is 39.8 Å². The van der Waals surface area contributed by atoms with E-state index in [1.807, 2.05) is 18.2 Å². The highest BCUT2D eigenvalue weighted by Crippen LogP contribution is 2.41. The minimum absolute atomic E-state index is 0.0263. The average Bonchev–Trinajstić information content (AvgIpc) is 3.52. The summed E-state index contributed by atoms with van der Waals surface area (Å²) < 4.78 is 45.4. The maximum Gasteiger partial charge on any atom is 0.287 e. The fourth-order valence-electron chi connectivity index (χ4n) is 4.68. The highest BCUT2D eigenvalue weighted by molar-refractivity contribution is 7.84. The van der Waals surface area contributed by atoms with E-state index in [1.165, 1.54) is 0 Å². The summed E-state index contributed by atoms with van der Waals surface area (Å²) in [6.07, 6.45) is 2.51. The Hall–Kier alpha value is -3.40. The number of carbonyl (C=O) groups is 2. The molecule has 10 heteroatoms. The van der Waals surface area contributed by atoms with Gasteiger partial charge in [0.1, 0.15) is 11.1 Å². The lowest BCUT2D eigenvalue weighted by Crippen LogP contribution is -2.63. The number of hydrogen-bond acceptors (Lipinski definition) is 5. The Labute approximate surface area is 215 Å².